The van der Waals surface area contributed by atoms with Gasteiger partial charge in [-0.3, -0.25) is 0 Å². The second-order valence-corrected chi connectivity index (χ2v) is 5.32. The minimum absolute atomic E-state index is 0.798. The van der Waals surface area contributed by atoms with E-state index in [9.17, 15) is 0 Å². The van der Waals surface area contributed by atoms with Crippen LogP contribution in [0.1, 0.15) is 11.1 Å². The van der Waals surface area contributed by atoms with Crippen LogP contribution >= 0.6 is 11.6 Å². The molecule has 2 aromatic carbocycles. The molecular formula is C17H17ClN2. The van der Waals surface area contributed by atoms with Crippen LogP contribution in [0.5, 0.6) is 0 Å². The van der Waals surface area contributed by atoms with E-state index >= 15 is 0 Å². The maximum atomic E-state index is 6.25. The van der Waals surface area contributed by atoms with Crippen molar-refractivity contribution in [3.63, 3.8) is 0 Å². The van der Waals surface area contributed by atoms with Gasteiger partial charge < -0.3 is 9.88 Å². The Morgan fingerprint density at radius 1 is 1.00 bits per heavy atom. The highest BCUT2D eigenvalue weighted by atomic mass is 35.5. The quantitative estimate of drug-likeness (QED) is 0.764. The van der Waals surface area contributed by atoms with Crippen LogP contribution in [0.15, 0.2) is 54.7 Å². The summed E-state index contributed by atoms with van der Waals surface area (Å²) in [5.41, 5.74) is 3.71. The number of halogens is 1. The van der Waals surface area contributed by atoms with E-state index < -0.39 is 0 Å². The number of nitrogens with one attached hydrogen (secondary N) is 1. The van der Waals surface area contributed by atoms with Gasteiger partial charge in [0, 0.05) is 35.2 Å². The molecule has 0 bridgehead atoms. The molecule has 0 aliphatic heterocycles. The van der Waals surface area contributed by atoms with Crippen molar-refractivity contribution in [2.45, 2.75) is 13.1 Å². The highest BCUT2D eigenvalue weighted by Crippen LogP contribution is 2.23. The summed E-state index contributed by atoms with van der Waals surface area (Å²) in [6, 6.07) is 16.6. The molecule has 0 spiro atoms. The molecule has 3 rings (SSSR count). The molecule has 0 aliphatic carbocycles. The molecule has 0 aliphatic rings. The van der Waals surface area contributed by atoms with Crippen molar-refractivity contribution in [1.29, 1.82) is 0 Å². The van der Waals surface area contributed by atoms with Gasteiger partial charge in [0.1, 0.15) is 0 Å². The van der Waals surface area contributed by atoms with Gasteiger partial charge in [-0.05, 0) is 36.4 Å². The summed E-state index contributed by atoms with van der Waals surface area (Å²) in [4.78, 5) is 0. The van der Waals surface area contributed by atoms with Crippen LogP contribution in [0.25, 0.3) is 10.9 Å². The SMILES string of the molecule is CNCc1cccc2c1ccn2Cc1ccccc1Cl. The molecular weight excluding hydrogens is 268 g/mol. The Kier molecular flexibility index (Phi) is 3.77. The number of fused-ring (bicyclic) bond motifs is 1. The summed E-state index contributed by atoms with van der Waals surface area (Å²) in [5, 5.41) is 5.33. The number of aromatic nitrogens is 1. The fourth-order valence-corrected chi connectivity index (χ4v) is 2.78. The van der Waals surface area contributed by atoms with E-state index in [-0.39, 0.29) is 0 Å². The van der Waals surface area contributed by atoms with E-state index in [1.54, 1.807) is 0 Å². The summed E-state index contributed by atoms with van der Waals surface area (Å²) in [5.74, 6) is 0. The zero-order chi connectivity index (χ0) is 13.9. The van der Waals surface area contributed by atoms with Gasteiger partial charge in [-0.2, -0.15) is 0 Å². The molecule has 0 fully saturated rings. The molecule has 0 amide bonds. The Bertz CT molecular complexity index is 731. The molecule has 1 N–H and O–H groups in total. The van der Waals surface area contributed by atoms with E-state index in [0.717, 1.165) is 23.7 Å². The maximum Gasteiger partial charge on any atom is 0.0490 e. The second-order valence-electron chi connectivity index (χ2n) is 4.92. The van der Waals surface area contributed by atoms with Crippen LogP contribution in [0.4, 0.5) is 0 Å². The summed E-state index contributed by atoms with van der Waals surface area (Å²) in [6.45, 7) is 1.68. The van der Waals surface area contributed by atoms with Crippen molar-refractivity contribution < 1.29 is 0 Å². The first-order valence-electron chi connectivity index (χ1n) is 6.74. The summed E-state index contributed by atoms with van der Waals surface area (Å²) < 4.78 is 2.25. The Hall–Kier alpha value is -1.77. The van der Waals surface area contributed by atoms with Crippen molar-refractivity contribution in [3.8, 4) is 0 Å². The summed E-state index contributed by atoms with van der Waals surface area (Å²) in [6.07, 6.45) is 2.13. The average molecular weight is 285 g/mol. The molecule has 0 saturated heterocycles. The molecule has 0 saturated carbocycles. The smallest absolute Gasteiger partial charge is 0.0490 e. The van der Waals surface area contributed by atoms with Crippen LogP contribution < -0.4 is 5.32 Å². The lowest BCUT2D eigenvalue weighted by atomic mass is 10.1. The molecule has 3 heteroatoms. The molecule has 1 heterocycles. The third kappa shape index (κ3) is 2.45. The van der Waals surface area contributed by atoms with Gasteiger partial charge in [0.15, 0.2) is 0 Å². The standard InChI is InChI=1S/C17H17ClN2/c1-19-11-13-6-4-8-17-15(13)9-10-20(17)12-14-5-2-3-7-16(14)18/h2-10,19H,11-12H2,1H3. The van der Waals surface area contributed by atoms with Crippen molar-refractivity contribution in [2.24, 2.45) is 0 Å². The highest BCUT2D eigenvalue weighted by Gasteiger charge is 2.06. The zero-order valence-corrected chi connectivity index (χ0v) is 12.2. The van der Waals surface area contributed by atoms with Crippen LogP contribution in [0.3, 0.4) is 0 Å². The molecule has 0 radical (unpaired) electrons. The van der Waals surface area contributed by atoms with Crippen LogP contribution in [-0.2, 0) is 13.1 Å². The summed E-state index contributed by atoms with van der Waals surface area (Å²) >= 11 is 6.25. The largest absolute Gasteiger partial charge is 0.343 e. The van der Waals surface area contributed by atoms with Gasteiger partial charge in [-0.15, -0.1) is 0 Å². The van der Waals surface area contributed by atoms with Crippen molar-refractivity contribution in [3.05, 3.63) is 70.9 Å². The first kappa shape index (κ1) is 13.2. The number of hydrogen-bond donors (Lipinski definition) is 1. The van der Waals surface area contributed by atoms with Crippen LogP contribution in [0, 0.1) is 0 Å². The molecule has 0 atom stereocenters. The van der Waals surface area contributed by atoms with Gasteiger partial charge in [0.2, 0.25) is 0 Å². The van der Waals surface area contributed by atoms with Gasteiger partial charge >= 0.3 is 0 Å². The molecule has 0 unspecified atom stereocenters. The Balaban J connectivity index is 2.01. The highest BCUT2D eigenvalue weighted by molar-refractivity contribution is 6.31. The molecule has 2 nitrogen and oxygen atoms in total. The van der Waals surface area contributed by atoms with Gasteiger partial charge in [-0.25, -0.2) is 0 Å². The van der Waals surface area contributed by atoms with Gasteiger partial charge in [0.05, 0.1) is 0 Å². The van der Waals surface area contributed by atoms with Crippen LogP contribution in [0.2, 0.25) is 5.02 Å². The number of benzene rings is 2. The third-order valence-corrected chi connectivity index (χ3v) is 3.94. The normalized spacial score (nSPS) is 11.1. The first-order valence-corrected chi connectivity index (χ1v) is 7.12. The zero-order valence-electron chi connectivity index (χ0n) is 11.4. The fourth-order valence-electron chi connectivity index (χ4n) is 2.58. The van der Waals surface area contributed by atoms with E-state index in [1.807, 2.05) is 25.2 Å². The fraction of sp³-hybridized carbons (Fsp3) is 0.176. The molecule has 20 heavy (non-hydrogen) atoms. The molecule has 102 valence electrons. The van der Waals surface area contributed by atoms with E-state index in [0.29, 0.717) is 0 Å². The van der Waals surface area contributed by atoms with Crippen molar-refractivity contribution in [2.75, 3.05) is 7.05 Å². The first-order chi connectivity index (χ1) is 9.79. The lowest BCUT2D eigenvalue weighted by Crippen LogP contribution is -2.05. The molecule has 3 aromatic rings. The number of hydrogen-bond acceptors (Lipinski definition) is 1. The second kappa shape index (κ2) is 5.70. The Morgan fingerprint density at radius 3 is 2.60 bits per heavy atom. The third-order valence-electron chi connectivity index (χ3n) is 3.57. The molecule has 1 aromatic heterocycles. The van der Waals surface area contributed by atoms with E-state index in [2.05, 4.69) is 46.4 Å². The minimum Gasteiger partial charge on any atom is -0.343 e. The number of nitrogens with zero attached hydrogens (tertiary/aromatic N) is 1. The monoisotopic (exact) mass is 284 g/mol. The minimum atomic E-state index is 0.798. The predicted octanol–water partition coefficient (Wildman–Crippen LogP) is 4.06. The van der Waals surface area contributed by atoms with E-state index in [1.165, 1.54) is 16.5 Å². The predicted molar refractivity (Wildman–Crippen MR) is 85.3 cm³/mol. The lowest BCUT2D eigenvalue weighted by Gasteiger charge is -2.08. The number of rotatable bonds is 4. The van der Waals surface area contributed by atoms with Crippen LogP contribution in [-0.4, -0.2) is 11.6 Å². The summed E-state index contributed by atoms with van der Waals surface area (Å²) in [7, 11) is 1.97. The van der Waals surface area contributed by atoms with Gasteiger partial charge in [-0.1, -0.05) is 41.9 Å². The topological polar surface area (TPSA) is 17.0 Å². The Labute approximate surface area is 124 Å². The van der Waals surface area contributed by atoms with E-state index in [4.69, 9.17) is 11.6 Å². The van der Waals surface area contributed by atoms with Gasteiger partial charge in [0.25, 0.3) is 0 Å². The Morgan fingerprint density at radius 2 is 1.80 bits per heavy atom. The average Bonchev–Trinajstić information content (AvgIpc) is 2.86. The van der Waals surface area contributed by atoms with Crippen molar-refractivity contribution in [1.82, 2.24) is 9.88 Å². The maximum absolute atomic E-state index is 6.25. The lowest BCUT2D eigenvalue weighted by molar-refractivity contribution is 0.821. The van der Waals surface area contributed by atoms with Crippen molar-refractivity contribution >= 4 is 22.5 Å².